The number of aliphatic hydroxyl groups excluding tert-OH is 1. The summed E-state index contributed by atoms with van der Waals surface area (Å²) in [4.78, 5) is 1.68. The van der Waals surface area contributed by atoms with Crippen LogP contribution in [0.5, 0.6) is 5.75 Å². The SMILES string of the molecule is OCCOc1cc(F)c(N2CCNCC2)c(F)c1. The number of benzene rings is 1. The van der Waals surface area contributed by atoms with Crippen LogP contribution in [0.25, 0.3) is 0 Å². The van der Waals surface area contributed by atoms with E-state index in [1.54, 1.807) is 4.90 Å². The molecule has 18 heavy (non-hydrogen) atoms. The maximum absolute atomic E-state index is 13.9. The summed E-state index contributed by atoms with van der Waals surface area (Å²) in [6, 6.07) is 2.30. The molecule has 0 aromatic heterocycles. The average Bonchev–Trinajstić information content (AvgIpc) is 2.37. The predicted octanol–water partition coefficient (Wildman–Crippen LogP) is 0.745. The van der Waals surface area contributed by atoms with Gasteiger partial charge in [0.15, 0.2) is 11.6 Å². The standard InChI is InChI=1S/C12H16F2N2O2/c13-10-7-9(18-6-5-17)8-11(14)12(10)16-3-1-15-2-4-16/h7-8,15,17H,1-6H2. The van der Waals surface area contributed by atoms with Crippen LogP contribution in [0.1, 0.15) is 0 Å². The number of hydrogen-bond donors (Lipinski definition) is 2. The number of halogens is 2. The van der Waals surface area contributed by atoms with E-state index < -0.39 is 11.6 Å². The molecule has 0 radical (unpaired) electrons. The zero-order chi connectivity index (χ0) is 13.0. The number of aliphatic hydroxyl groups is 1. The van der Waals surface area contributed by atoms with E-state index in [2.05, 4.69) is 5.32 Å². The van der Waals surface area contributed by atoms with E-state index in [9.17, 15) is 8.78 Å². The molecule has 2 N–H and O–H groups in total. The second-order valence-electron chi connectivity index (χ2n) is 4.04. The Balaban J connectivity index is 2.20. The number of hydrogen-bond acceptors (Lipinski definition) is 4. The second kappa shape index (κ2) is 5.97. The highest BCUT2D eigenvalue weighted by atomic mass is 19.1. The molecule has 6 heteroatoms. The highest BCUT2D eigenvalue weighted by Crippen LogP contribution is 2.28. The molecule has 1 saturated heterocycles. The summed E-state index contributed by atoms with van der Waals surface area (Å²) in [5, 5.41) is 11.7. The van der Waals surface area contributed by atoms with Gasteiger partial charge in [0, 0.05) is 38.3 Å². The molecular formula is C12H16F2N2O2. The van der Waals surface area contributed by atoms with Crippen molar-refractivity contribution in [3.63, 3.8) is 0 Å². The summed E-state index contributed by atoms with van der Waals surface area (Å²) in [7, 11) is 0. The third-order valence-electron chi connectivity index (χ3n) is 2.78. The van der Waals surface area contributed by atoms with Gasteiger partial charge in [-0.25, -0.2) is 8.78 Å². The van der Waals surface area contributed by atoms with Crippen molar-refractivity contribution >= 4 is 5.69 Å². The molecule has 1 heterocycles. The predicted molar refractivity (Wildman–Crippen MR) is 64.0 cm³/mol. The Kier molecular flexibility index (Phi) is 4.33. The van der Waals surface area contributed by atoms with Crippen LogP contribution in [-0.2, 0) is 0 Å². The van der Waals surface area contributed by atoms with Crippen LogP contribution in [0.3, 0.4) is 0 Å². The van der Waals surface area contributed by atoms with E-state index in [0.717, 1.165) is 12.1 Å². The minimum Gasteiger partial charge on any atom is -0.491 e. The highest BCUT2D eigenvalue weighted by Gasteiger charge is 2.20. The summed E-state index contributed by atoms with van der Waals surface area (Å²) in [5.41, 5.74) is -0.00662. The molecule has 0 unspecified atom stereocenters. The van der Waals surface area contributed by atoms with Crippen molar-refractivity contribution < 1.29 is 18.6 Å². The lowest BCUT2D eigenvalue weighted by molar-refractivity contribution is 0.200. The smallest absolute Gasteiger partial charge is 0.153 e. The molecule has 1 aliphatic rings. The van der Waals surface area contributed by atoms with E-state index >= 15 is 0 Å². The first-order valence-electron chi connectivity index (χ1n) is 5.90. The van der Waals surface area contributed by atoms with Gasteiger partial charge in [-0.05, 0) is 0 Å². The van der Waals surface area contributed by atoms with E-state index in [1.807, 2.05) is 0 Å². The van der Waals surface area contributed by atoms with Crippen molar-refractivity contribution in [2.45, 2.75) is 0 Å². The first-order chi connectivity index (χ1) is 8.72. The number of nitrogens with one attached hydrogen (secondary N) is 1. The van der Waals surface area contributed by atoms with E-state index in [-0.39, 0.29) is 24.7 Å². The first kappa shape index (κ1) is 13.0. The van der Waals surface area contributed by atoms with Crippen LogP contribution in [-0.4, -0.2) is 44.5 Å². The van der Waals surface area contributed by atoms with Gasteiger partial charge < -0.3 is 20.1 Å². The number of ether oxygens (including phenoxy) is 1. The molecule has 1 fully saturated rings. The molecule has 1 aromatic carbocycles. The van der Waals surface area contributed by atoms with E-state index in [1.165, 1.54) is 0 Å². The van der Waals surface area contributed by atoms with Crippen LogP contribution in [0.2, 0.25) is 0 Å². The number of anilines is 1. The van der Waals surface area contributed by atoms with Gasteiger partial charge in [-0.3, -0.25) is 0 Å². The molecule has 0 bridgehead atoms. The van der Waals surface area contributed by atoms with Gasteiger partial charge in [0.25, 0.3) is 0 Å². The fourth-order valence-electron chi connectivity index (χ4n) is 1.98. The molecule has 0 saturated carbocycles. The molecule has 4 nitrogen and oxygen atoms in total. The van der Waals surface area contributed by atoms with Crippen LogP contribution < -0.4 is 15.0 Å². The fraction of sp³-hybridized carbons (Fsp3) is 0.500. The summed E-state index contributed by atoms with van der Waals surface area (Å²) >= 11 is 0. The van der Waals surface area contributed by atoms with Gasteiger partial charge in [-0.1, -0.05) is 0 Å². The maximum atomic E-state index is 13.9. The monoisotopic (exact) mass is 258 g/mol. The number of piperazine rings is 1. The van der Waals surface area contributed by atoms with Crippen LogP contribution in [0, 0.1) is 11.6 Å². The van der Waals surface area contributed by atoms with Crippen molar-refractivity contribution in [2.75, 3.05) is 44.3 Å². The minimum atomic E-state index is -0.634. The van der Waals surface area contributed by atoms with Crippen LogP contribution >= 0.6 is 0 Å². The van der Waals surface area contributed by atoms with Gasteiger partial charge in [0.2, 0.25) is 0 Å². The number of rotatable bonds is 4. The Morgan fingerprint density at radius 1 is 1.22 bits per heavy atom. The average molecular weight is 258 g/mol. The molecule has 0 amide bonds. The topological polar surface area (TPSA) is 44.7 Å². The molecule has 100 valence electrons. The third-order valence-corrected chi connectivity index (χ3v) is 2.78. The van der Waals surface area contributed by atoms with Gasteiger partial charge in [0.05, 0.1) is 6.61 Å². The molecule has 1 aromatic rings. The Morgan fingerprint density at radius 3 is 2.39 bits per heavy atom. The quantitative estimate of drug-likeness (QED) is 0.836. The van der Waals surface area contributed by atoms with Crippen molar-refractivity contribution in [1.29, 1.82) is 0 Å². The molecule has 0 aliphatic carbocycles. The lowest BCUT2D eigenvalue weighted by atomic mass is 10.2. The second-order valence-corrected chi connectivity index (χ2v) is 4.04. The van der Waals surface area contributed by atoms with Crippen LogP contribution in [0.15, 0.2) is 12.1 Å². The van der Waals surface area contributed by atoms with Gasteiger partial charge in [0.1, 0.15) is 18.0 Å². The van der Waals surface area contributed by atoms with Gasteiger partial charge in [-0.2, -0.15) is 0 Å². The highest BCUT2D eigenvalue weighted by molar-refractivity contribution is 5.52. The van der Waals surface area contributed by atoms with Crippen molar-refractivity contribution in [1.82, 2.24) is 5.32 Å². The minimum absolute atomic E-state index is 0.00662. The lowest BCUT2D eigenvalue weighted by Crippen LogP contribution is -2.44. The van der Waals surface area contributed by atoms with Crippen LogP contribution in [0.4, 0.5) is 14.5 Å². The molecular weight excluding hydrogens is 242 g/mol. The molecule has 0 spiro atoms. The Labute approximate surface area is 104 Å². The lowest BCUT2D eigenvalue weighted by Gasteiger charge is -2.30. The van der Waals surface area contributed by atoms with Gasteiger partial charge >= 0.3 is 0 Å². The zero-order valence-corrected chi connectivity index (χ0v) is 9.96. The summed E-state index contributed by atoms with van der Waals surface area (Å²) < 4.78 is 32.8. The third kappa shape index (κ3) is 2.88. The Hall–Kier alpha value is -1.40. The Morgan fingerprint density at radius 2 is 1.83 bits per heavy atom. The molecule has 0 atom stereocenters. The summed E-state index contributed by atoms with van der Waals surface area (Å²) in [6.07, 6.45) is 0. The van der Waals surface area contributed by atoms with Gasteiger partial charge in [-0.15, -0.1) is 0 Å². The largest absolute Gasteiger partial charge is 0.491 e. The first-order valence-corrected chi connectivity index (χ1v) is 5.90. The fourth-order valence-corrected chi connectivity index (χ4v) is 1.98. The summed E-state index contributed by atoms with van der Waals surface area (Å²) in [6.45, 7) is 2.40. The molecule has 1 aliphatic heterocycles. The molecule has 2 rings (SSSR count). The zero-order valence-electron chi connectivity index (χ0n) is 9.96. The number of nitrogens with zero attached hydrogens (tertiary/aromatic N) is 1. The van der Waals surface area contributed by atoms with Crippen molar-refractivity contribution in [3.8, 4) is 5.75 Å². The van der Waals surface area contributed by atoms with Crippen molar-refractivity contribution in [2.24, 2.45) is 0 Å². The van der Waals surface area contributed by atoms with E-state index in [0.29, 0.717) is 26.2 Å². The summed E-state index contributed by atoms with van der Waals surface area (Å²) in [5.74, 6) is -1.17. The Bertz CT molecular complexity index is 386. The maximum Gasteiger partial charge on any atom is 0.153 e. The van der Waals surface area contributed by atoms with E-state index in [4.69, 9.17) is 9.84 Å². The normalized spacial score (nSPS) is 15.8. The van der Waals surface area contributed by atoms with Crippen molar-refractivity contribution in [3.05, 3.63) is 23.8 Å².